The van der Waals surface area contributed by atoms with Crippen LogP contribution in [0.1, 0.15) is 31.4 Å². The van der Waals surface area contributed by atoms with Gasteiger partial charge in [0.15, 0.2) is 9.84 Å². The van der Waals surface area contributed by atoms with Crippen molar-refractivity contribution < 1.29 is 26.4 Å². The second-order valence-corrected chi connectivity index (χ2v) is 11.9. The van der Waals surface area contributed by atoms with Crippen LogP contribution in [-0.4, -0.2) is 52.6 Å². The van der Waals surface area contributed by atoms with E-state index in [1.807, 2.05) is 20.8 Å². The number of rotatable bonds is 10. The molecule has 0 aliphatic carbocycles. The van der Waals surface area contributed by atoms with Crippen molar-refractivity contribution in [1.29, 1.82) is 0 Å². The number of sulfonamides is 1. The number of benzene rings is 2. The lowest BCUT2D eigenvalue weighted by molar-refractivity contribution is -0.146. The van der Waals surface area contributed by atoms with Crippen LogP contribution in [-0.2, 0) is 29.4 Å². The Balaban J connectivity index is 2.51. The molecule has 2 aromatic carbocycles. The molecule has 0 saturated heterocycles. The van der Waals surface area contributed by atoms with E-state index in [2.05, 4.69) is 0 Å². The van der Waals surface area contributed by atoms with E-state index in [4.69, 9.17) is 4.74 Å². The third-order valence-electron chi connectivity index (χ3n) is 5.52. The quantitative estimate of drug-likeness (QED) is 0.483. The Morgan fingerprint density at radius 2 is 1.38 bits per heavy atom. The van der Waals surface area contributed by atoms with Crippen molar-refractivity contribution in [2.75, 3.05) is 19.4 Å². The van der Waals surface area contributed by atoms with Crippen molar-refractivity contribution in [3.05, 3.63) is 59.7 Å². The summed E-state index contributed by atoms with van der Waals surface area (Å²) in [6.45, 7) is 6.88. The number of carbonyl (C=O) groups excluding carboxylic acids is 1. The molecule has 2 aromatic rings. The lowest BCUT2D eigenvalue weighted by Crippen LogP contribution is -2.50. The molecule has 9 heteroatoms. The highest BCUT2D eigenvalue weighted by atomic mass is 32.2. The number of carbonyl (C=O) groups is 1. The summed E-state index contributed by atoms with van der Waals surface area (Å²) in [5.41, 5.74) is 1.79. The third kappa shape index (κ3) is 5.96. The van der Waals surface area contributed by atoms with Gasteiger partial charge in [0.2, 0.25) is 10.0 Å². The molecule has 7 nitrogen and oxygen atoms in total. The summed E-state index contributed by atoms with van der Waals surface area (Å²) in [5, 5.41) is 0. The Kier molecular flexibility index (Phi) is 8.61. The van der Waals surface area contributed by atoms with E-state index < -0.39 is 37.6 Å². The summed E-state index contributed by atoms with van der Waals surface area (Å²) in [6, 6.07) is 11.4. The Bertz CT molecular complexity index is 1120. The predicted molar refractivity (Wildman–Crippen MR) is 124 cm³/mol. The van der Waals surface area contributed by atoms with E-state index in [1.165, 1.54) is 31.4 Å². The molecule has 2 rings (SSSR count). The van der Waals surface area contributed by atoms with Crippen LogP contribution < -0.4 is 0 Å². The molecule has 0 radical (unpaired) electrons. The maximum atomic E-state index is 13.5. The first-order chi connectivity index (χ1) is 14.9. The molecule has 32 heavy (non-hydrogen) atoms. The fourth-order valence-corrected chi connectivity index (χ4v) is 6.32. The van der Waals surface area contributed by atoms with E-state index in [0.717, 1.165) is 15.4 Å². The summed E-state index contributed by atoms with van der Waals surface area (Å²) in [4.78, 5) is 12.7. The number of sulfone groups is 1. The van der Waals surface area contributed by atoms with Gasteiger partial charge in [-0.3, -0.25) is 4.79 Å². The van der Waals surface area contributed by atoms with Crippen LogP contribution in [0.25, 0.3) is 0 Å². The van der Waals surface area contributed by atoms with Crippen molar-refractivity contribution in [3.63, 3.8) is 0 Å². The number of hydrogen-bond acceptors (Lipinski definition) is 6. The Morgan fingerprint density at radius 1 is 0.906 bits per heavy atom. The molecule has 0 aromatic heterocycles. The highest BCUT2D eigenvalue weighted by Gasteiger charge is 2.40. The Hall–Kier alpha value is -2.23. The number of methoxy groups -OCH3 is 1. The minimum absolute atomic E-state index is 0.00644. The molecule has 176 valence electrons. The Morgan fingerprint density at radius 3 is 1.81 bits per heavy atom. The average molecular weight is 482 g/mol. The van der Waals surface area contributed by atoms with Crippen LogP contribution in [0.2, 0.25) is 0 Å². The monoisotopic (exact) mass is 481 g/mol. The van der Waals surface area contributed by atoms with E-state index in [1.54, 1.807) is 31.2 Å². The zero-order chi connectivity index (χ0) is 24.1. The summed E-state index contributed by atoms with van der Waals surface area (Å²) in [7, 11) is -6.76. The van der Waals surface area contributed by atoms with Gasteiger partial charge in [-0.05, 0) is 44.0 Å². The molecule has 0 aliphatic heterocycles. The molecule has 0 unspecified atom stereocenters. The number of esters is 1. The lowest BCUT2D eigenvalue weighted by Gasteiger charge is -2.32. The molecular formula is C23H31NO6S2. The fraction of sp³-hybridized carbons (Fsp3) is 0.435. The highest BCUT2D eigenvalue weighted by molar-refractivity contribution is 7.91. The smallest absolute Gasteiger partial charge is 0.324 e. The van der Waals surface area contributed by atoms with Crippen molar-refractivity contribution >= 4 is 25.8 Å². The highest BCUT2D eigenvalue weighted by Crippen LogP contribution is 2.26. The molecule has 0 saturated carbocycles. The maximum absolute atomic E-state index is 13.5. The number of nitrogens with zero attached hydrogens (tertiary/aromatic N) is 1. The standard InChI is InChI=1S/C23H31NO6S2/c1-6-19(4)22(23(25)30-5)24(32(28,29)21-13-9-18(3)10-14-21)15-16-31(26,27)20-11-7-17(2)8-12-20/h7-14,19,22H,6,15-16H2,1-5H3/t19-,22-/m0/s1. The van der Waals surface area contributed by atoms with E-state index in [-0.39, 0.29) is 22.3 Å². The van der Waals surface area contributed by atoms with Crippen LogP contribution >= 0.6 is 0 Å². The van der Waals surface area contributed by atoms with Gasteiger partial charge in [0, 0.05) is 6.54 Å². The zero-order valence-electron chi connectivity index (χ0n) is 19.1. The molecule has 0 aliphatic rings. The topological polar surface area (TPSA) is 97.8 Å². The zero-order valence-corrected chi connectivity index (χ0v) is 20.7. The van der Waals surface area contributed by atoms with E-state index in [9.17, 15) is 21.6 Å². The average Bonchev–Trinajstić information content (AvgIpc) is 2.76. The number of aryl methyl sites for hydroxylation is 2. The fourth-order valence-electron chi connectivity index (χ4n) is 3.31. The molecular weight excluding hydrogens is 450 g/mol. The summed E-state index contributed by atoms with van der Waals surface area (Å²) >= 11 is 0. The molecule has 0 fully saturated rings. The van der Waals surface area contributed by atoms with Crippen molar-refractivity contribution in [3.8, 4) is 0 Å². The predicted octanol–water partition coefficient (Wildman–Crippen LogP) is 3.36. The van der Waals surface area contributed by atoms with Gasteiger partial charge in [0.05, 0.1) is 22.7 Å². The summed E-state index contributed by atoms with van der Waals surface area (Å²) < 4.78 is 58.8. The first kappa shape index (κ1) is 26.0. The van der Waals surface area contributed by atoms with E-state index >= 15 is 0 Å². The minimum Gasteiger partial charge on any atom is -0.468 e. The SMILES string of the molecule is CC[C@H](C)[C@@H](C(=O)OC)N(CCS(=O)(=O)c1ccc(C)cc1)S(=O)(=O)c1ccc(C)cc1. The maximum Gasteiger partial charge on any atom is 0.324 e. The number of hydrogen-bond donors (Lipinski definition) is 0. The van der Waals surface area contributed by atoms with E-state index in [0.29, 0.717) is 6.42 Å². The Labute approximate surface area is 191 Å². The lowest BCUT2D eigenvalue weighted by atomic mass is 9.99. The molecule has 0 amide bonds. The van der Waals surface area contributed by atoms with Gasteiger partial charge in [0.25, 0.3) is 0 Å². The van der Waals surface area contributed by atoms with Crippen LogP contribution in [0, 0.1) is 19.8 Å². The number of ether oxygens (including phenoxy) is 1. The van der Waals surface area contributed by atoms with Gasteiger partial charge < -0.3 is 4.74 Å². The largest absolute Gasteiger partial charge is 0.468 e. The van der Waals surface area contributed by atoms with Gasteiger partial charge >= 0.3 is 5.97 Å². The second kappa shape index (κ2) is 10.6. The van der Waals surface area contributed by atoms with Crippen LogP contribution in [0.4, 0.5) is 0 Å². The van der Waals surface area contributed by atoms with Gasteiger partial charge in [-0.2, -0.15) is 4.31 Å². The first-order valence-corrected chi connectivity index (χ1v) is 13.5. The summed E-state index contributed by atoms with van der Waals surface area (Å²) in [6.07, 6.45) is 0.504. The van der Waals surface area contributed by atoms with Gasteiger partial charge in [-0.15, -0.1) is 0 Å². The van der Waals surface area contributed by atoms with Gasteiger partial charge in [-0.1, -0.05) is 55.7 Å². The van der Waals surface area contributed by atoms with Gasteiger partial charge in [-0.25, -0.2) is 16.8 Å². The normalized spacial score (nSPS) is 14.2. The molecule has 0 heterocycles. The van der Waals surface area contributed by atoms with Crippen molar-refractivity contribution in [1.82, 2.24) is 4.31 Å². The summed E-state index contributed by atoms with van der Waals surface area (Å²) in [5.74, 6) is -1.57. The second-order valence-electron chi connectivity index (χ2n) is 7.91. The molecule has 2 atom stereocenters. The molecule has 0 spiro atoms. The third-order valence-corrected chi connectivity index (χ3v) is 9.13. The van der Waals surface area contributed by atoms with Crippen LogP contribution in [0.15, 0.2) is 58.3 Å². The molecule has 0 N–H and O–H groups in total. The van der Waals surface area contributed by atoms with Crippen LogP contribution in [0.3, 0.4) is 0 Å². The van der Waals surface area contributed by atoms with Crippen molar-refractivity contribution in [2.45, 2.75) is 49.9 Å². The van der Waals surface area contributed by atoms with Crippen molar-refractivity contribution in [2.24, 2.45) is 5.92 Å². The first-order valence-electron chi connectivity index (χ1n) is 10.4. The van der Waals surface area contributed by atoms with Crippen LogP contribution in [0.5, 0.6) is 0 Å². The molecule has 0 bridgehead atoms. The minimum atomic E-state index is -4.17. The van der Waals surface area contributed by atoms with Gasteiger partial charge in [0.1, 0.15) is 6.04 Å².